The molecular formula is C53H84Cl2N2Si4Ti-2. The van der Waals surface area contributed by atoms with Crippen LogP contribution < -0.4 is 10.2 Å². The molecule has 0 aliphatic heterocycles. The van der Waals surface area contributed by atoms with Gasteiger partial charge in [0.15, 0.2) is 0 Å². The molecule has 3 aliphatic rings. The topological polar surface area (TPSA) is 26.1 Å². The van der Waals surface area contributed by atoms with E-state index in [9.17, 15) is 0 Å². The molecule has 3 aliphatic carbocycles. The molecular weight excluding hydrogens is 896 g/mol. The average Bonchev–Trinajstić information content (AvgIpc) is 3.79. The fourth-order valence-corrected chi connectivity index (χ4v) is 24.7. The quantitative estimate of drug-likeness (QED) is 0.159. The van der Waals surface area contributed by atoms with Crippen molar-refractivity contribution >= 4 is 71.9 Å². The summed E-state index contributed by atoms with van der Waals surface area (Å²) >= 11 is -0.556. The zero-order chi connectivity index (χ0) is 45.9. The Morgan fingerprint density at radius 3 is 1.87 bits per heavy atom. The number of fused-ring (bicyclic) bond motifs is 2. The van der Waals surface area contributed by atoms with Crippen molar-refractivity contribution in [3.63, 3.8) is 0 Å². The summed E-state index contributed by atoms with van der Waals surface area (Å²) in [6, 6.07) is 22.5. The molecule has 2 nitrogen and oxygen atoms in total. The molecule has 3 aromatic rings. The van der Waals surface area contributed by atoms with Crippen molar-refractivity contribution in [2.24, 2.45) is 23.2 Å². The van der Waals surface area contributed by atoms with Crippen molar-refractivity contribution in [3.05, 3.63) is 129 Å². The molecule has 0 bridgehead atoms. The van der Waals surface area contributed by atoms with Crippen molar-refractivity contribution in [2.45, 2.75) is 159 Å². The van der Waals surface area contributed by atoms with Gasteiger partial charge in [-0.1, -0.05) is 209 Å². The zero-order valence-electron chi connectivity index (χ0n) is 42.5. The number of benzene rings is 3. The van der Waals surface area contributed by atoms with Gasteiger partial charge in [-0.25, -0.2) is 0 Å². The molecule has 0 spiro atoms. The maximum atomic E-state index is 5.52. The van der Waals surface area contributed by atoms with Crippen LogP contribution in [0.1, 0.15) is 109 Å². The number of rotatable bonds is 10. The van der Waals surface area contributed by atoms with Gasteiger partial charge in [-0.3, -0.25) is 0 Å². The SMILES string of the molecule is CCC1=Cc2cc(C(C)(C)C)cc([Si](C)(C)[Si](C)(C)Nc3ccccc3C)c2C1.CCC1CC2C=C(C(C)(C)C)C=C([Si](C)(C)[Si](C)(C)[N-]c3ccccc3C)C2C1.[CH3-].[Cl][Ti][Cl]. The molecule has 3 atom stereocenters. The number of allylic oxidation sites excluding steroid dienone is 5. The first-order valence-corrected chi connectivity index (χ1v) is 41.3. The van der Waals surface area contributed by atoms with Gasteiger partial charge in [-0.15, -0.1) is 5.69 Å². The molecule has 3 aromatic carbocycles. The number of anilines is 1. The molecule has 6 rings (SSSR count). The third-order valence-corrected chi connectivity index (χ3v) is 47.8. The number of nitrogens with one attached hydrogen (secondary N) is 1. The van der Waals surface area contributed by atoms with E-state index >= 15 is 0 Å². The van der Waals surface area contributed by atoms with E-state index < -0.39 is 47.7 Å². The molecule has 1 N–H and O–H groups in total. The van der Waals surface area contributed by atoms with Gasteiger partial charge in [0.05, 0.1) is 15.2 Å². The van der Waals surface area contributed by atoms with Crippen LogP contribution in [-0.2, 0) is 28.9 Å². The Kier molecular flexibility index (Phi) is 19.1. The Morgan fingerprint density at radius 2 is 1.34 bits per heavy atom. The van der Waals surface area contributed by atoms with Gasteiger partial charge in [0.1, 0.15) is 7.75 Å². The maximum absolute atomic E-state index is 5.52. The second-order valence-electron chi connectivity index (χ2n) is 22.5. The summed E-state index contributed by atoms with van der Waals surface area (Å²) in [5.74, 6) is 2.42. The fraction of sp³-hybridized carbons (Fsp3) is 0.528. The molecule has 0 amide bonds. The van der Waals surface area contributed by atoms with E-state index in [1.807, 2.05) is 5.20 Å². The summed E-state index contributed by atoms with van der Waals surface area (Å²) in [7, 11) is 2.82. The molecule has 0 heterocycles. The molecule has 1 saturated carbocycles. The molecule has 3 unspecified atom stereocenters. The summed E-state index contributed by atoms with van der Waals surface area (Å²) in [5.41, 5.74) is 13.4. The normalized spacial score (nSPS) is 18.9. The van der Waals surface area contributed by atoms with E-state index in [1.54, 1.807) is 21.9 Å². The molecule has 0 saturated heterocycles. The van der Waals surface area contributed by atoms with E-state index in [4.69, 9.17) is 23.6 Å². The third-order valence-electron chi connectivity index (χ3n) is 15.2. The van der Waals surface area contributed by atoms with Crippen molar-refractivity contribution < 1.29 is 17.0 Å². The van der Waals surface area contributed by atoms with Crippen LogP contribution in [0.15, 0.2) is 89.2 Å². The van der Waals surface area contributed by atoms with Crippen LogP contribution >= 0.6 is 18.6 Å². The molecule has 9 heteroatoms. The Morgan fingerprint density at radius 1 is 0.758 bits per heavy atom. The van der Waals surface area contributed by atoms with Crippen LogP contribution in [0, 0.1) is 44.4 Å². The van der Waals surface area contributed by atoms with Crippen LogP contribution in [-0.4, -0.2) is 30.7 Å². The van der Waals surface area contributed by atoms with Gasteiger partial charge in [-0.05, 0) is 110 Å². The summed E-state index contributed by atoms with van der Waals surface area (Å²) in [6.07, 6.45) is 14.2. The minimum absolute atomic E-state index is 0. The van der Waals surface area contributed by atoms with Crippen LogP contribution in [0.3, 0.4) is 0 Å². The van der Waals surface area contributed by atoms with Crippen LogP contribution in [0.25, 0.3) is 11.1 Å². The van der Waals surface area contributed by atoms with Crippen LogP contribution in [0.2, 0.25) is 52.4 Å². The first-order valence-electron chi connectivity index (χ1n) is 23.0. The average molecular weight is 980 g/mol. The van der Waals surface area contributed by atoms with E-state index in [0.717, 1.165) is 30.6 Å². The first kappa shape index (κ1) is 55.0. The fourth-order valence-electron chi connectivity index (χ4n) is 9.48. The second-order valence-corrected chi connectivity index (χ2v) is 54.5. The number of aryl methyl sites for hydroxylation is 2. The minimum atomic E-state index is -1.80. The second kappa shape index (κ2) is 21.5. The zero-order valence-corrected chi connectivity index (χ0v) is 49.5. The van der Waals surface area contributed by atoms with Gasteiger partial charge in [0.25, 0.3) is 0 Å². The van der Waals surface area contributed by atoms with E-state index in [1.165, 1.54) is 52.9 Å². The number of para-hydroxylation sites is 1. The molecule has 342 valence electrons. The van der Waals surface area contributed by atoms with Crippen molar-refractivity contribution in [3.8, 4) is 0 Å². The predicted molar refractivity (Wildman–Crippen MR) is 289 cm³/mol. The summed E-state index contributed by atoms with van der Waals surface area (Å²) in [5, 5.41) is 3.53. The Bertz CT molecular complexity index is 2090. The number of halogens is 2. The van der Waals surface area contributed by atoms with E-state index in [-0.39, 0.29) is 18.3 Å². The molecule has 1 fully saturated rings. The van der Waals surface area contributed by atoms with Gasteiger partial charge < -0.3 is 17.4 Å². The molecule has 0 radical (unpaired) electrons. The van der Waals surface area contributed by atoms with E-state index in [2.05, 4.69) is 205 Å². The Balaban J connectivity index is 0.000000306. The van der Waals surface area contributed by atoms with Gasteiger partial charge >= 0.3 is 35.6 Å². The van der Waals surface area contributed by atoms with Crippen LogP contribution in [0.4, 0.5) is 11.4 Å². The first-order chi connectivity index (χ1) is 28.1. The standard InChI is InChI=1S/C26H42NSi2.C26H39NSi2.CH3.2ClH.Ti/c2*1-10-20-15-21-17-22(26(3,4)5)18-25(23(21)16-20)28(6,7)29(8,9)27-24-14-12-11-13-19(24)2;;;;/h11-14,17-18,20-21,23H,10,15-16H2,1-9H3;11-15,17-18,27H,10,16H2,1-9H3;1H3;2*1H;/q-1;;-1;;;+2/p-2. The summed E-state index contributed by atoms with van der Waals surface area (Å²) in [4.78, 5) is 9.60. The van der Waals surface area contributed by atoms with Crippen LogP contribution in [0.5, 0.6) is 0 Å². The Labute approximate surface area is 402 Å². The third kappa shape index (κ3) is 12.5. The van der Waals surface area contributed by atoms with Crippen molar-refractivity contribution in [1.29, 1.82) is 0 Å². The van der Waals surface area contributed by atoms with Crippen molar-refractivity contribution in [1.82, 2.24) is 0 Å². The van der Waals surface area contributed by atoms with Gasteiger partial charge in [0.2, 0.25) is 0 Å². The molecule has 0 aromatic heterocycles. The Hall–Kier alpha value is -1.36. The molecule has 62 heavy (non-hydrogen) atoms. The van der Waals surface area contributed by atoms with Gasteiger partial charge in [-0.2, -0.15) is 0 Å². The number of hydrogen-bond donors (Lipinski definition) is 1. The number of hydrogen-bond acceptors (Lipinski definition) is 1. The van der Waals surface area contributed by atoms with Crippen molar-refractivity contribution in [2.75, 3.05) is 4.98 Å². The number of nitrogens with zero attached hydrogens (tertiary/aromatic N) is 1. The summed E-state index contributed by atoms with van der Waals surface area (Å²) in [6.45, 7) is 43.9. The monoisotopic (exact) mass is 978 g/mol. The van der Waals surface area contributed by atoms with E-state index in [0.29, 0.717) is 0 Å². The predicted octanol–water partition coefficient (Wildman–Crippen LogP) is 17.3. The van der Waals surface area contributed by atoms with Gasteiger partial charge in [0, 0.05) is 5.69 Å². The summed E-state index contributed by atoms with van der Waals surface area (Å²) < 4.78 is 0.